The van der Waals surface area contributed by atoms with Crippen molar-refractivity contribution in [3.63, 3.8) is 0 Å². The maximum atomic E-state index is 14.7. The Bertz CT molecular complexity index is 1690. The number of carbonyl (C=O) groups excluding carboxylic acids is 1. The van der Waals surface area contributed by atoms with Crippen molar-refractivity contribution >= 4 is 51.6 Å². The van der Waals surface area contributed by atoms with E-state index in [2.05, 4.69) is 44.4 Å². The lowest BCUT2D eigenvalue weighted by atomic mass is 9.98. The number of hydrogen-bond acceptors (Lipinski definition) is 7. The summed E-state index contributed by atoms with van der Waals surface area (Å²) in [6, 6.07) is 8.23. The summed E-state index contributed by atoms with van der Waals surface area (Å²) in [5.41, 5.74) is 1.85. The van der Waals surface area contributed by atoms with Crippen molar-refractivity contribution in [1.82, 2.24) is 19.8 Å². The van der Waals surface area contributed by atoms with Crippen LogP contribution in [0.3, 0.4) is 0 Å². The number of fused-ring (bicyclic) bond motifs is 2. The van der Waals surface area contributed by atoms with Crippen molar-refractivity contribution in [3.8, 4) is 11.8 Å². The number of aromatic nitrogens is 2. The molecule has 3 aliphatic rings. The van der Waals surface area contributed by atoms with Crippen molar-refractivity contribution < 1.29 is 19.1 Å². The first kappa shape index (κ1) is 29.1. The quantitative estimate of drug-likeness (QED) is 0.262. The molecule has 3 aromatic rings. The second-order valence-electron chi connectivity index (χ2n) is 11.7. The van der Waals surface area contributed by atoms with E-state index in [1.165, 1.54) is 18.5 Å². The molecule has 11 heteroatoms. The molecule has 3 fully saturated rings. The molecule has 43 heavy (non-hydrogen) atoms. The van der Waals surface area contributed by atoms with Crippen molar-refractivity contribution in [2.24, 2.45) is 17.3 Å². The molecule has 0 radical (unpaired) electrons. The third-order valence-corrected chi connectivity index (χ3v) is 8.78. The van der Waals surface area contributed by atoms with E-state index in [1.807, 2.05) is 11.0 Å². The number of carbonyl (C=O) groups is 2. The molecule has 0 spiro atoms. The third-order valence-electron chi connectivity index (χ3n) is 8.49. The van der Waals surface area contributed by atoms with Crippen LogP contribution in [0.15, 0.2) is 48.8 Å². The summed E-state index contributed by atoms with van der Waals surface area (Å²) in [4.78, 5) is 37.5. The molecule has 222 valence electrons. The van der Waals surface area contributed by atoms with Crippen molar-refractivity contribution in [3.05, 3.63) is 65.2 Å². The van der Waals surface area contributed by atoms with E-state index in [0.29, 0.717) is 53.4 Å². The maximum absolute atomic E-state index is 14.7. The van der Waals surface area contributed by atoms with Crippen LogP contribution >= 0.6 is 11.6 Å². The van der Waals surface area contributed by atoms with Gasteiger partial charge in [-0.25, -0.2) is 14.4 Å². The van der Waals surface area contributed by atoms with Gasteiger partial charge in [0.1, 0.15) is 12.1 Å². The molecule has 3 heterocycles. The molecular weight excluding hydrogens is 571 g/mol. The van der Waals surface area contributed by atoms with Crippen molar-refractivity contribution in [1.29, 1.82) is 0 Å². The molecule has 1 aromatic heterocycles. The van der Waals surface area contributed by atoms with E-state index < -0.39 is 11.8 Å². The number of likely N-dealkylation sites (tertiary alicyclic amines) is 2. The Hall–Kier alpha value is -4.04. The monoisotopic (exact) mass is 602 g/mol. The van der Waals surface area contributed by atoms with E-state index in [4.69, 9.17) is 11.6 Å². The fourth-order valence-electron chi connectivity index (χ4n) is 6.16. The zero-order valence-electron chi connectivity index (χ0n) is 23.7. The lowest BCUT2D eigenvalue weighted by Crippen LogP contribution is -2.38. The van der Waals surface area contributed by atoms with Gasteiger partial charge in [0.15, 0.2) is 5.82 Å². The maximum Gasteiger partial charge on any atom is 0.307 e. The summed E-state index contributed by atoms with van der Waals surface area (Å²) >= 11 is 5.98. The molecule has 2 aromatic carbocycles. The third kappa shape index (κ3) is 6.34. The number of carboxylic acids is 1. The van der Waals surface area contributed by atoms with Gasteiger partial charge in [-0.1, -0.05) is 35.6 Å². The number of amides is 1. The molecule has 1 unspecified atom stereocenters. The number of halogens is 2. The zero-order valence-corrected chi connectivity index (χ0v) is 24.5. The lowest BCUT2D eigenvalue weighted by molar-refractivity contribution is -0.143. The average Bonchev–Trinajstić information content (AvgIpc) is 3.54. The van der Waals surface area contributed by atoms with Gasteiger partial charge in [0.05, 0.1) is 33.4 Å². The highest BCUT2D eigenvalue weighted by atomic mass is 35.5. The van der Waals surface area contributed by atoms with Gasteiger partial charge < -0.3 is 20.6 Å². The molecule has 3 atom stereocenters. The van der Waals surface area contributed by atoms with Crippen LogP contribution in [0, 0.1) is 34.9 Å². The number of nitrogens with one attached hydrogen (secondary N) is 2. The Morgan fingerprint density at radius 1 is 1.26 bits per heavy atom. The predicted molar refractivity (Wildman–Crippen MR) is 164 cm³/mol. The summed E-state index contributed by atoms with van der Waals surface area (Å²) in [5, 5.41) is 15.9. The van der Waals surface area contributed by atoms with Crippen LogP contribution < -0.4 is 10.6 Å². The van der Waals surface area contributed by atoms with Gasteiger partial charge in [0.2, 0.25) is 5.91 Å². The number of rotatable bonds is 7. The fraction of sp³-hybridized carbons (Fsp3) is 0.375. The Balaban J connectivity index is 1.28. The lowest BCUT2D eigenvalue weighted by Gasteiger charge is -2.29. The molecule has 1 amide bonds. The highest BCUT2D eigenvalue weighted by molar-refractivity contribution is 6.31. The SMILES string of the molecule is CN1C[C@H]2C[C@@]2(C#Cc2cc3ncnc(Nc4cccc(Cl)c4F)c3cc2NC(=O)/C=C/CN2CCCC(C(=O)O)C2)C1. The molecule has 9 nitrogen and oxygen atoms in total. The normalized spacial score (nSPS) is 23.5. The second kappa shape index (κ2) is 11.9. The minimum Gasteiger partial charge on any atom is -0.481 e. The molecule has 6 rings (SSSR count). The number of hydrogen-bond donors (Lipinski definition) is 3. The topological polar surface area (TPSA) is 111 Å². The fourth-order valence-corrected chi connectivity index (χ4v) is 6.34. The summed E-state index contributed by atoms with van der Waals surface area (Å²) in [7, 11) is 2.10. The molecule has 1 aliphatic carbocycles. The Morgan fingerprint density at radius 2 is 2.12 bits per heavy atom. The van der Waals surface area contributed by atoms with Crippen LogP contribution in [-0.4, -0.2) is 76.5 Å². The minimum atomic E-state index is -0.784. The van der Waals surface area contributed by atoms with E-state index in [-0.39, 0.29) is 28.0 Å². The van der Waals surface area contributed by atoms with Crippen molar-refractivity contribution in [2.45, 2.75) is 19.3 Å². The van der Waals surface area contributed by atoms with Gasteiger partial charge in [-0.3, -0.25) is 14.5 Å². The number of aliphatic carboxylic acids is 1. The summed E-state index contributed by atoms with van der Waals surface area (Å²) in [5.74, 6) is 5.62. The number of carboxylic acid groups (broad SMARTS) is 1. The molecule has 2 aliphatic heterocycles. The van der Waals surface area contributed by atoms with Crippen LogP contribution in [0.5, 0.6) is 0 Å². The molecule has 1 saturated carbocycles. The van der Waals surface area contributed by atoms with Gasteiger partial charge in [-0.15, -0.1) is 0 Å². The second-order valence-corrected chi connectivity index (χ2v) is 12.1. The first-order chi connectivity index (χ1) is 20.7. The largest absolute Gasteiger partial charge is 0.481 e. The number of benzene rings is 2. The summed E-state index contributed by atoms with van der Waals surface area (Å²) < 4.78 is 14.7. The number of nitrogens with zero attached hydrogens (tertiary/aromatic N) is 4. The Labute approximate surface area is 254 Å². The number of anilines is 3. The van der Waals surface area contributed by atoms with Crippen LogP contribution in [-0.2, 0) is 9.59 Å². The molecule has 0 bridgehead atoms. The van der Waals surface area contributed by atoms with Crippen molar-refractivity contribution in [2.75, 3.05) is 50.4 Å². The minimum absolute atomic E-state index is 0.0148. The zero-order chi connectivity index (χ0) is 30.1. The van der Waals surface area contributed by atoms with Gasteiger partial charge in [0.25, 0.3) is 0 Å². The molecule has 3 N–H and O–H groups in total. The molecule has 2 saturated heterocycles. The van der Waals surface area contributed by atoms with Crippen LogP contribution in [0.2, 0.25) is 5.02 Å². The average molecular weight is 603 g/mol. The number of piperidine rings is 2. The van der Waals surface area contributed by atoms with Crippen LogP contribution in [0.25, 0.3) is 10.9 Å². The van der Waals surface area contributed by atoms with Gasteiger partial charge >= 0.3 is 5.97 Å². The first-order valence-electron chi connectivity index (χ1n) is 14.3. The molecular formula is C32H32ClFN6O3. The Kier molecular flexibility index (Phi) is 8.05. The standard InChI is InChI=1S/C32H32ClFN6O3/c1-39-17-22-15-32(22,18-39)10-9-20-13-27-23(30(36-19-35-27)38-25-7-2-6-24(33)29(25)34)14-26(20)37-28(41)8-4-12-40-11-3-5-21(16-40)31(42)43/h2,4,6-8,13-14,19,21-22H,3,5,11-12,15-18H2,1H3,(H,37,41)(H,42,43)(H,35,36,38)/b8-4+/t21?,22-,32+/m1/s1. The first-order valence-corrected chi connectivity index (χ1v) is 14.7. The Morgan fingerprint density at radius 3 is 2.91 bits per heavy atom. The summed E-state index contributed by atoms with van der Waals surface area (Å²) in [6.45, 7) is 3.69. The predicted octanol–water partition coefficient (Wildman–Crippen LogP) is 4.76. The van der Waals surface area contributed by atoms with E-state index in [0.717, 1.165) is 32.5 Å². The van der Waals surface area contributed by atoms with Crippen LogP contribution in [0.1, 0.15) is 24.8 Å². The smallest absolute Gasteiger partial charge is 0.307 e. The van der Waals surface area contributed by atoms with Gasteiger partial charge in [-0.05, 0) is 63.0 Å². The van der Waals surface area contributed by atoms with E-state index in [9.17, 15) is 19.1 Å². The summed E-state index contributed by atoms with van der Waals surface area (Å²) in [6.07, 6.45) is 7.14. The van der Waals surface area contributed by atoms with E-state index in [1.54, 1.807) is 24.3 Å². The van der Waals surface area contributed by atoms with E-state index >= 15 is 0 Å². The van der Waals surface area contributed by atoms with Crippen LogP contribution in [0.4, 0.5) is 21.6 Å². The highest BCUT2D eigenvalue weighted by Crippen LogP contribution is 2.57. The highest BCUT2D eigenvalue weighted by Gasteiger charge is 2.58. The van der Waals surface area contributed by atoms with Gasteiger partial charge in [-0.2, -0.15) is 0 Å². The van der Waals surface area contributed by atoms with Gasteiger partial charge in [0, 0.05) is 43.1 Å².